The van der Waals surface area contributed by atoms with Crippen molar-refractivity contribution in [3.63, 3.8) is 0 Å². The highest BCUT2D eigenvalue weighted by Gasteiger charge is 2.24. The molecule has 0 aliphatic heterocycles. The van der Waals surface area contributed by atoms with E-state index >= 15 is 0 Å². The lowest BCUT2D eigenvalue weighted by atomic mass is 10.1. The highest BCUT2D eigenvalue weighted by atomic mass is 32.2. The number of carbonyl (C=O) groups is 1. The molecular formula is C50H81NO5S. The van der Waals surface area contributed by atoms with E-state index in [2.05, 4.69) is 122 Å². The average molecular weight is 808 g/mol. The summed E-state index contributed by atoms with van der Waals surface area (Å²) < 4.78 is 32.5. The Hall–Kier alpha value is -3.26. The van der Waals surface area contributed by atoms with Crippen LogP contribution in [0.1, 0.15) is 168 Å². The maximum absolute atomic E-state index is 12.5. The van der Waals surface area contributed by atoms with Gasteiger partial charge in [0.25, 0.3) is 10.1 Å². The second kappa shape index (κ2) is 42.3. The van der Waals surface area contributed by atoms with Crippen LogP contribution in [0.4, 0.5) is 0 Å². The predicted molar refractivity (Wildman–Crippen MR) is 248 cm³/mol. The zero-order valence-electron chi connectivity index (χ0n) is 35.9. The number of unbranched alkanes of at least 4 members (excludes halogenated alkanes) is 12. The molecule has 0 aliphatic rings. The van der Waals surface area contributed by atoms with Gasteiger partial charge in [0.2, 0.25) is 5.91 Å². The van der Waals surface area contributed by atoms with Gasteiger partial charge in [-0.15, -0.1) is 0 Å². The lowest BCUT2D eigenvalue weighted by Gasteiger charge is -2.21. The second-order valence-electron chi connectivity index (χ2n) is 14.6. The highest BCUT2D eigenvalue weighted by molar-refractivity contribution is 7.85. The Labute approximate surface area is 350 Å². The van der Waals surface area contributed by atoms with Crippen LogP contribution in [0.15, 0.2) is 122 Å². The summed E-state index contributed by atoms with van der Waals surface area (Å²) in [4.78, 5) is 12.5. The first-order chi connectivity index (χ1) is 27.8. The molecule has 0 saturated heterocycles. The standard InChI is InChI=1S/C50H81NO5S/c1-3-5-7-9-11-13-15-17-19-21-23-24-25-26-28-30-32-34-36-38-40-42-44-46-50(53)51-48(47-57(54,55)56)49(52)45-43-41-39-37-35-33-31-29-27-22-20-18-16-14-12-10-8-6-4-2/h5,7,11,13,17,19,23-24,26-29,32,34-35,37-38,40,43,45,48-49,52H,3-4,6,8-10,12,14-16,18,20-22,25,30-31,33,36,39,41-42,44,46-47H2,1-2H3,(H,51,53)(H,54,55,56)/b7-5-,13-11-,19-17-,24-23-,28-26-,29-27+,34-32-,37-35+,40-38-,45-43+. The van der Waals surface area contributed by atoms with Crippen LogP contribution in [-0.2, 0) is 14.9 Å². The van der Waals surface area contributed by atoms with E-state index in [1.807, 2.05) is 6.08 Å². The van der Waals surface area contributed by atoms with E-state index in [4.69, 9.17) is 0 Å². The normalized spacial score (nSPS) is 14.4. The summed E-state index contributed by atoms with van der Waals surface area (Å²) in [6, 6.07) is -1.12. The first kappa shape index (κ1) is 53.7. The molecule has 6 nitrogen and oxygen atoms in total. The quantitative estimate of drug-likeness (QED) is 0.0327. The van der Waals surface area contributed by atoms with Crippen LogP contribution in [0.25, 0.3) is 0 Å². The SMILES string of the molecule is CC/C=C\C/C=C\C/C=C\C/C=C\C/C=C\C/C=C\C/C=C\CCCC(=O)NC(CS(=O)(=O)O)C(O)/C=C/CC/C=C/CC/C=C/CCCCCCCCCCC. The number of nitrogens with one attached hydrogen (secondary N) is 1. The van der Waals surface area contributed by atoms with Gasteiger partial charge >= 0.3 is 0 Å². The second-order valence-corrected chi connectivity index (χ2v) is 16.1. The van der Waals surface area contributed by atoms with Crippen molar-refractivity contribution < 1.29 is 22.9 Å². The molecule has 0 aromatic carbocycles. The van der Waals surface area contributed by atoms with E-state index in [9.17, 15) is 22.9 Å². The minimum atomic E-state index is -4.39. The molecular weight excluding hydrogens is 727 g/mol. The fourth-order valence-electron chi connectivity index (χ4n) is 5.82. The molecule has 0 heterocycles. The van der Waals surface area contributed by atoms with E-state index in [-0.39, 0.29) is 12.3 Å². The van der Waals surface area contributed by atoms with Gasteiger partial charge in [-0.05, 0) is 96.3 Å². The van der Waals surface area contributed by atoms with Crippen molar-refractivity contribution in [1.29, 1.82) is 0 Å². The molecule has 2 unspecified atom stereocenters. The minimum Gasteiger partial charge on any atom is -0.387 e. The number of carbonyl (C=O) groups excluding carboxylic acids is 1. The maximum atomic E-state index is 12.5. The molecule has 0 aromatic rings. The summed E-state index contributed by atoms with van der Waals surface area (Å²) >= 11 is 0. The largest absolute Gasteiger partial charge is 0.387 e. The molecule has 2 atom stereocenters. The van der Waals surface area contributed by atoms with Gasteiger partial charge in [0, 0.05) is 6.42 Å². The molecule has 0 bridgehead atoms. The molecule has 3 N–H and O–H groups in total. The zero-order valence-corrected chi connectivity index (χ0v) is 36.7. The van der Waals surface area contributed by atoms with E-state index < -0.39 is 28.0 Å². The summed E-state index contributed by atoms with van der Waals surface area (Å²) in [6.45, 7) is 4.41. The van der Waals surface area contributed by atoms with E-state index in [0.29, 0.717) is 19.3 Å². The predicted octanol–water partition coefficient (Wildman–Crippen LogP) is 13.7. The Balaban J connectivity index is 4.12. The first-order valence-corrected chi connectivity index (χ1v) is 23.8. The fraction of sp³-hybridized carbons (Fsp3) is 0.580. The summed E-state index contributed by atoms with van der Waals surface area (Å²) in [6.07, 6.45) is 66.2. The van der Waals surface area contributed by atoms with Gasteiger partial charge in [-0.2, -0.15) is 8.42 Å². The van der Waals surface area contributed by atoms with E-state index in [0.717, 1.165) is 70.6 Å². The molecule has 7 heteroatoms. The van der Waals surface area contributed by atoms with Crippen molar-refractivity contribution >= 4 is 16.0 Å². The maximum Gasteiger partial charge on any atom is 0.267 e. The summed E-state index contributed by atoms with van der Waals surface area (Å²) in [7, 11) is -4.39. The lowest BCUT2D eigenvalue weighted by Crippen LogP contribution is -2.46. The van der Waals surface area contributed by atoms with Gasteiger partial charge in [0.15, 0.2) is 0 Å². The number of hydrogen-bond acceptors (Lipinski definition) is 4. The van der Waals surface area contributed by atoms with Crippen LogP contribution in [0.5, 0.6) is 0 Å². The molecule has 0 fully saturated rings. The Morgan fingerprint density at radius 3 is 1.32 bits per heavy atom. The monoisotopic (exact) mass is 808 g/mol. The van der Waals surface area contributed by atoms with Crippen LogP contribution in [0.2, 0.25) is 0 Å². The number of rotatable bonds is 38. The Morgan fingerprint density at radius 2 is 0.860 bits per heavy atom. The smallest absolute Gasteiger partial charge is 0.267 e. The van der Waals surface area contributed by atoms with Crippen molar-refractivity contribution in [2.24, 2.45) is 0 Å². The molecule has 322 valence electrons. The van der Waals surface area contributed by atoms with Crippen LogP contribution in [0.3, 0.4) is 0 Å². The average Bonchev–Trinajstić information content (AvgIpc) is 3.18. The molecule has 0 aliphatic carbocycles. The van der Waals surface area contributed by atoms with Gasteiger partial charge in [-0.1, -0.05) is 187 Å². The number of hydrogen-bond donors (Lipinski definition) is 3. The van der Waals surface area contributed by atoms with Crippen molar-refractivity contribution in [2.75, 3.05) is 5.75 Å². The van der Waals surface area contributed by atoms with Crippen molar-refractivity contribution in [1.82, 2.24) is 5.32 Å². The summed E-state index contributed by atoms with van der Waals surface area (Å²) in [5.41, 5.74) is 0. The van der Waals surface area contributed by atoms with Crippen molar-refractivity contribution in [2.45, 2.75) is 180 Å². The number of amides is 1. The Morgan fingerprint density at radius 1 is 0.491 bits per heavy atom. The highest BCUT2D eigenvalue weighted by Crippen LogP contribution is 2.11. The zero-order chi connectivity index (χ0) is 41.8. The van der Waals surface area contributed by atoms with Gasteiger partial charge in [0.1, 0.15) is 0 Å². The van der Waals surface area contributed by atoms with Gasteiger partial charge in [0.05, 0.1) is 17.9 Å². The van der Waals surface area contributed by atoms with Crippen LogP contribution in [-0.4, -0.2) is 41.9 Å². The van der Waals surface area contributed by atoms with Gasteiger partial charge < -0.3 is 10.4 Å². The molecule has 57 heavy (non-hydrogen) atoms. The third kappa shape index (κ3) is 43.7. The van der Waals surface area contributed by atoms with Crippen LogP contribution < -0.4 is 5.32 Å². The molecule has 0 radical (unpaired) electrons. The number of aliphatic hydroxyl groups excluding tert-OH is 1. The van der Waals surface area contributed by atoms with Gasteiger partial charge in [-0.25, -0.2) is 0 Å². The topological polar surface area (TPSA) is 104 Å². The minimum absolute atomic E-state index is 0.196. The van der Waals surface area contributed by atoms with Gasteiger partial charge in [-0.3, -0.25) is 9.35 Å². The Bertz CT molecular complexity index is 1350. The van der Waals surface area contributed by atoms with Crippen molar-refractivity contribution in [3.05, 3.63) is 122 Å². The molecule has 1 amide bonds. The number of aliphatic hydroxyl groups is 1. The third-order valence-electron chi connectivity index (χ3n) is 9.10. The Kier molecular flexibility index (Phi) is 39.9. The molecule has 0 saturated carbocycles. The summed E-state index contributed by atoms with van der Waals surface area (Å²) in [5, 5.41) is 13.2. The van der Waals surface area contributed by atoms with E-state index in [1.165, 1.54) is 63.9 Å². The molecule has 0 rings (SSSR count). The van der Waals surface area contributed by atoms with Crippen LogP contribution in [0, 0.1) is 0 Å². The number of allylic oxidation sites excluding steroid dienone is 19. The molecule has 0 spiro atoms. The third-order valence-corrected chi connectivity index (χ3v) is 9.88. The lowest BCUT2D eigenvalue weighted by molar-refractivity contribution is -0.122. The van der Waals surface area contributed by atoms with Crippen molar-refractivity contribution in [3.8, 4) is 0 Å². The van der Waals surface area contributed by atoms with E-state index in [1.54, 1.807) is 6.08 Å². The van der Waals surface area contributed by atoms with Crippen LogP contribution >= 0.6 is 0 Å². The fourth-order valence-corrected chi connectivity index (χ4v) is 6.56. The first-order valence-electron chi connectivity index (χ1n) is 22.2. The molecule has 0 aromatic heterocycles. The summed E-state index contributed by atoms with van der Waals surface area (Å²) in [5.74, 6) is -1.10.